The van der Waals surface area contributed by atoms with Crippen molar-refractivity contribution in [3.05, 3.63) is 23.8 Å². The van der Waals surface area contributed by atoms with E-state index >= 15 is 0 Å². The van der Waals surface area contributed by atoms with Gasteiger partial charge in [-0.2, -0.15) is 11.8 Å². The van der Waals surface area contributed by atoms with Gasteiger partial charge in [0.1, 0.15) is 11.5 Å². The van der Waals surface area contributed by atoms with Crippen LogP contribution in [0.5, 0.6) is 11.5 Å². The average Bonchev–Trinajstić information content (AvgIpc) is 2.72. The zero-order valence-corrected chi connectivity index (χ0v) is 11.8. The van der Waals surface area contributed by atoms with Gasteiger partial charge < -0.3 is 15.5 Å². The van der Waals surface area contributed by atoms with Crippen molar-refractivity contribution in [3.8, 4) is 11.5 Å². The van der Waals surface area contributed by atoms with Crippen molar-refractivity contribution >= 4 is 11.8 Å². The smallest absolute Gasteiger partial charge is 0.119 e. The van der Waals surface area contributed by atoms with E-state index < -0.39 is 0 Å². The molecule has 3 nitrogen and oxygen atoms in total. The second-order valence-corrected chi connectivity index (χ2v) is 6.97. The summed E-state index contributed by atoms with van der Waals surface area (Å²) in [6.45, 7) is 5.30. The molecule has 1 aromatic carbocycles. The quantitative estimate of drug-likeness (QED) is 0.785. The van der Waals surface area contributed by atoms with Gasteiger partial charge in [-0.1, -0.05) is 0 Å². The molecule has 100 valence electrons. The van der Waals surface area contributed by atoms with Gasteiger partial charge in [0.2, 0.25) is 0 Å². The Hall–Kier alpha value is -0.870. The van der Waals surface area contributed by atoms with E-state index in [0.29, 0.717) is 4.75 Å². The molecule has 2 unspecified atom stereocenters. The SMILES string of the molecule is CC(NCC1(C)CCCS1)c1cc(O)cc(O)c1. The highest BCUT2D eigenvalue weighted by atomic mass is 32.2. The molecule has 2 rings (SSSR count). The molecule has 18 heavy (non-hydrogen) atoms. The molecule has 1 aromatic rings. The minimum atomic E-state index is 0.111. The number of benzene rings is 1. The Balaban J connectivity index is 1.96. The molecule has 4 heteroatoms. The third-order valence-electron chi connectivity index (χ3n) is 3.51. The van der Waals surface area contributed by atoms with E-state index in [2.05, 4.69) is 19.2 Å². The molecule has 0 saturated carbocycles. The molecule has 1 saturated heterocycles. The van der Waals surface area contributed by atoms with E-state index in [9.17, 15) is 10.2 Å². The van der Waals surface area contributed by atoms with Gasteiger partial charge in [-0.15, -0.1) is 0 Å². The topological polar surface area (TPSA) is 52.5 Å². The zero-order chi connectivity index (χ0) is 13.2. The van der Waals surface area contributed by atoms with E-state index in [1.807, 2.05) is 11.8 Å². The lowest BCUT2D eigenvalue weighted by molar-refractivity contribution is 0.443. The van der Waals surface area contributed by atoms with Crippen molar-refractivity contribution in [3.63, 3.8) is 0 Å². The summed E-state index contributed by atoms with van der Waals surface area (Å²) < 4.78 is 0.327. The molecule has 0 bridgehead atoms. The molecule has 1 fully saturated rings. The first kappa shape index (κ1) is 13.6. The first-order valence-corrected chi connectivity index (χ1v) is 7.37. The Morgan fingerprint density at radius 2 is 2.00 bits per heavy atom. The van der Waals surface area contributed by atoms with Crippen LogP contribution in [0.4, 0.5) is 0 Å². The lowest BCUT2D eigenvalue weighted by atomic mass is 10.0. The van der Waals surface area contributed by atoms with Gasteiger partial charge in [-0.25, -0.2) is 0 Å². The molecule has 1 aliphatic rings. The maximum Gasteiger partial charge on any atom is 0.119 e. The summed E-state index contributed by atoms with van der Waals surface area (Å²) in [5.41, 5.74) is 0.916. The Labute approximate surface area is 113 Å². The van der Waals surface area contributed by atoms with Crippen LogP contribution in [-0.4, -0.2) is 27.3 Å². The normalized spacial score (nSPS) is 25.2. The fourth-order valence-corrected chi connectivity index (χ4v) is 3.59. The third kappa shape index (κ3) is 3.33. The van der Waals surface area contributed by atoms with Crippen molar-refractivity contribution in [1.82, 2.24) is 5.32 Å². The summed E-state index contributed by atoms with van der Waals surface area (Å²) >= 11 is 2.03. The van der Waals surface area contributed by atoms with Crippen molar-refractivity contribution in [1.29, 1.82) is 0 Å². The Bertz CT molecular complexity index is 396. The molecule has 0 aromatic heterocycles. The van der Waals surface area contributed by atoms with E-state index in [1.165, 1.54) is 24.7 Å². The fraction of sp³-hybridized carbons (Fsp3) is 0.571. The summed E-state index contributed by atoms with van der Waals surface area (Å²) in [7, 11) is 0. The van der Waals surface area contributed by atoms with E-state index in [4.69, 9.17) is 0 Å². The number of phenolic OH excluding ortho intramolecular Hbond substituents is 2. The Morgan fingerprint density at radius 3 is 2.56 bits per heavy atom. The zero-order valence-electron chi connectivity index (χ0n) is 10.9. The first-order valence-electron chi connectivity index (χ1n) is 6.39. The molecule has 0 spiro atoms. The maximum atomic E-state index is 9.48. The number of aromatic hydroxyl groups is 2. The maximum absolute atomic E-state index is 9.48. The van der Waals surface area contributed by atoms with Crippen LogP contribution in [0.1, 0.15) is 38.3 Å². The van der Waals surface area contributed by atoms with E-state index in [1.54, 1.807) is 12.1 Å². The van der Waals surface area contributed by atoms with Crippen LogP contribution in [-0.2, 0) is 0 Å². The standard InChI is InChI=1S/C14H21NO2S/c1-10(11-6-12(16)8-13(17)7-11)15-9-14(2)4-3-5-18-14/h6-8,10,15-17H,3-5,9H2,1-2H3. The molecule has 1 aliphatic heterocycles. The summed E-state index contributed by atoms with van der Waals surface area (Å²) in [5, 5.41) is 22.5. The highest BCUT2D eigenvalue weighted by Gasteiger charge is 2.29. The lowest BCUT2D eigenvalue weighted by Crippen LogP contribution is -2.34. The number of hydrogen-bond acceptors (Lipinski definition) is 4. The van der Waals surface area contributed by atoms with Crippen molar-refractivity contribution in [2.75, 3.05) is 12.3 Å². The van der Waals surface area contributed by atoms with Crippen molar-refractivity contribution in [2.24, 2.45) is 0 Å². The van der Waals surface area contributed by atoms with Gasteiger partial charge in [-0.05, 0) is 50.1 Å². The molecule has 0 radical (unpaired) electrons. The van der Waals surface area contributed by atoms with Gasteiger partial charge in [-0.3, -0.25) is 0 Å². The second-order valence-electron chi connectivity index (χ2n) is 5.29. The third-order valence-corrected chi connectivity index (χ3v) is 5.05. The predicted octanol–water partition coefficient (Wildman–Crippen LogP) is 3.03. The van der Waals surface area contributed by atoms with Crippen LogP contribution in [0.15, 0.2) is 18.2 Å². The first-order chi connectivity index (χ1) is 8.48. The number of hydrogen-bond donors (Lipinski definition) is 3. The summed E-state index contributed by atoms with van der Waals surface area (Å²) in [6, 6.07) is 4.87. The average molecular weight is 267 g/mol. The van der Waals surface area contributed by atoms with Crippen LogP contribution in [0.25, 0.3) is 0 Å². The summed E-state index contributed by atoms with van der Waals surface area (Å²) in [5.74, 6) is 1.47. The lowest BCUT2D eigenvalue weighted by Gasteiger charge is -2.26. The van der Waals surface area contributed by atoms with E-state index in [-0.39, 0.29) is 17.5 Å². The summed E-state index contributed by atoms with van der Waals surface area (Å²) in [4.78, 5) is 0. The molecule has 1 heterocycles. The molecule has 0 amide bonds. The van der Waals surface area contributed by atoms with Crippen molar-refractivity contribution in [2.45, 2.75) is 37.5 Å². The number of nitrogens with one attached hydrogen (secondary N) is 1. The monoisotopic (exact) mass is 267 g/mol. The van der Waals surface area contributed by atoms with Crippen LogP contribution < -0.4 is 5.32 Å². The largest absolute Gasteiger partial charge is 0.508 e. The van der Waals surface area contributed by atoms with Gasteiger partial charge in [0.15, 0.2) is 0 Å². The summed E-state index contributed by atoms with van der Waals surface area (Å²) in [6.07, 6.45) is 2.55. The molecular formula is C14H21NO2S. The number of phenols is 2. The van der Waals surface area contributed by atoms with Gasteiger partial charge >= 0.3 is 0 Å². The van der Waals surface area contributed by atoms with Crippen LogP contribution >= 0.6 is 11.8 Å². The fourth-order valence-electron chi connectivity index (χ4n) is 2.33. The van der Waals surface area contributed by atoms with Gasteiger partial charge in [0, 0.05) is 23.4 Å². The van der Waals surface area contributed by atoms with Crippen LogP contribution in [0.3, 0.4) is 0 Å². The molecule has 2 atom stereocenters. The number of rotatable bonds is 4. The van der Waals surface area contributed by atoms with Crippen LogP contribution in [0, 0.1) is 0 Å². The number of thioether (sulfide) groups is 1. The molecular weight excluding hydrogens is 246 g/mol. The highest BCUT2D eigenvalue weighted by Crippen LogP contribution is 2.37. The van der Waals surface area contributed by atoms with Crippen molar-refractivity contribution < 1.29 is 10.2 Å². The Kier molecular flexibility index (Phi) is 4.07. The minimum absolute atomic E-state index is 0.111. The van der Waals surface area contributed by atoms with Gasteiger partial charge in [0.25, 0.3) is 0 Å². The highest BCUT2D eigenvalue weighted by molar-refractivity contribution is 8.00. The van der Waals surface area contributed by atoms with Gasteiger partial charge in [0.05, 0.1) is 0 Å². The molecule has 0 aliphatic carbocycles. The van der Waals surface area contributed by atoms with Crippen LogP contribution in [0.2, 0.25) is 0 Å². The van der Waals surface area contributed by atoms with E-state index in [0.717, 1.165) is 12.1 Å². The predicted molar refractivity (Wildman–Crippen MR) is 76.3 cm³/mol. The molecule has 3 N–H and O–H groups in total. The Morgan fingerprint density at radius 1 is 1.33 bits per heavy atom. The second kappa shape index (κ2) is 5.41. The minimum Gasteiger partial charge on any atom is -0.508 e.